The lowest BCUT2D eigenvalue weighted by Crippen LogP contribution is -2.44. The predicted octanol–water partition coefficient (Wildman–Crippen LogP) is 1.53. The molecule has 0 bridgehead atoms. The van der Waals surface area contributed by atoms with Gasteiger partial charge in [-0.15, -0.1) is 0 Å². The van der Waals surface area contributed by atoms with E-state index in [9.17, 15) is 9.90 Å². The first-order valence-electron chi connectivity index (χ1n) is 6.89. The molecule has 2 N–H and O–H groups in total. The van der Waals surface area contributed by atoms with Crippen LogP contribution in [-0.4, -0.2) is 46.8 Å². The normalized spacial score (nSPS) is 21.6. The first-order chi connectivity index (χ1) is 10.0. The molecule has 1 aromatic rings. The fourth-order valence-electron chi connectivity index (χ4n) is 2.38. The molecular formula is C16H18ClNO3. The zero-order valence-electron chi connectivity index (χ0n) is 11.8. The van der Waals surface area contributed by atoms with Crippen LogP contribution in [0.15, 0.2) is 18.2 Å². The summed E-state index contributed by atoms with van der Waals surface area (Å²) in [6.07, 6.45) is 0.259. The topological polar surface area (TPSA) is 60.8 Å². The Morgan fingerprint density at radius 2 is 2.29 bits per heavy atom. The third-order valence-electron chi connectivity index (χ3n) is 3.67. The number of likely N-dealkylation sites (tertiary alicyclic amines) is 1. The second-order valence-corrected chi connectivity index (χ2v) is 5.65. The quantitative estimate of drug-likeness (QED) is 0.774. The molecule has 1 aliphatic rings. The maximum absolute atomic E-state index is 12.4. The van der Waals surface area contributed by atoms with E-state index in [0.29, 0.717) is 35.7 Å². The van der Waals surface area contributed by atoms with Crippen LogP contribution in [0.2, 0.25) is 5.02 Å². The lowest BCUT2D eigenvalue weighted by atomic mass is 9.96. The first kappa shape index (κ1) is 15.8. The third-order valence-corrected chi connectivity index (χ3v) is 3.98. The molecule has 0 spiro atoms. The Morgan fingerprint density at radius 3 is 2.90 bits per heavy atom. The predicted molar refractivity (Wildman–Crippen MR) is 81.1 cm³/mol. The van der Waals surface area contributed by atoms with Crippen LogP contribution in [-0.2, 0) is 0 Å². The van der Waals surface area contributed by atoms with Gasteiger partial charge in [-0.05, 0) is 30.5 Å². The van der Waals surface area contributed by atoms with Gasteiger partial charge in [0, 0.05) is 24.2 Å². The molecule has 1 aromatic carbocycles. The number of piperidine rings is 1. The molecule has 2 rings (SSSR count). The van der Waals surface area contributed by atoms with E-state index in [-0.39, 0.29) is 24.5 Å². The number of halogens is 1. The van der Waals surface area contributed by atoms with Gasteiger partial charge in [-0.1, -0.05) is 30.4 Å². The zero-order chi connectivity index (χ0) is 15.4. The van der Waals surface area contributed by atoms with E-state index < -0.39 is 0 Å². The molecule has 2 atom stereocenters. The molecule has 1 aliphatic heterocycles. The van der Waals surface area contributed by atoms with E-state index in [1.165, 1.54) is 0 Å². The van der Waals surface area contributed by atoms with Crippen molar-refractivity contribution in [3.63, 3.8) is 0 Å². The van der Waals surface area contributed by atoms with Crippen LogP contribution < -0.4 is 0 Å². The summed E-state index contributed by atoms with van der Waals surface area (Å²) in [6, 6.07) is 4.97. The smallest absolute Gasteiger partial charge is 0.253 e. The van der Waals surface area contributed by atoms with Gasteiger partial charge in [-0.2, -0.15) is 0 Å². The number of hydrogen-bond acceptors (Lipinski definition) is 3. The van der Waals surface area contributed by atoms with Crippen LogP contribution >= 0.6 is 11.6 Å². The molecule has 1 saturated heterocycles. The first-order valence-corrected chi connectivity index (χ1v) is 7.27. The minimum Gasteiger partial charge on any atom is -0.393 e. The van der Waals surface area contributed by atoms with Crippen molar-refractivity contribution in [3.05, 3.63) is 34.3 Å². The van der Waals surface area contributed by atoms with Crippen LogP contribution in [0.4, 0.5) is 0 Å². The molecule has 0 aromatic heterocycles. The number of nitrogens with zero attached hydrogens (tertiary/aromatic N) is 1. The SMILES string of the molecule is CC1CN(C(=O)c2ccc(C#CCO)c(Cl)c2)CCC1O. The number of hydrogen-bond donors (Lipinski definition) is 2. The summed E-state index contributed by atoms with van der Waals surface area (Å²) in [5.74, 6) is 5.25. The van der Waals surface area contributed by atoms with Crippen molar-refractivity contribution < 1.29 is 15.0 Å². The van der Waals surface area contributed by atoms with Crippen molar-refractivity contribution in [2.24, 2.45) is 5.92 Å². The average Bonchev–Trinajstić information content (AvgIpc) is 2.48. The van der Waals surface area contributed by atoms with Crippen molar-refractivity contribution in [2.75, 3.05) is 19.7 Å². The van der Waals surface area contributed by atoms with E-state index in [4.69, 9.17) is 16.7 Å². The minimum atomic E-state index is -0.339. The molecular weight excluding hydrogens is 290 g/mol. The van der Waals surface area contributed by atoms with Crippen LogP contribution in [0.1, 0.15) is 29.3 Å². The molecule has 5 heteroatoms. The molecule has 21 heavy (non-hydrogen) atoms. The Hall–Kier alpha value is -1.54. The fraction of sp³-hybridized carbons (Fsp3) is 0.438. The van der Waals surface area contributed by atoms with Gasteiger partial charge < -0.3 is 15.1 Å². The van der Waals surface area contributed by atoms with Gasteiger partial charge in [0.25, 0.3) is 5.91 Å². The third kappa shape index (κ3) is 3.76. The van der Waals surface area contributed by atoms with E-state index in [0.717, 1.165) is 0 Å². The highest BCUT2D eigenvalue weighted by Gasteiger charge is 2.27. The summed E-state index contributed by atoms with van der Waals surface area (Å²) < 4.78 is 0. The van der Waals surface area contributed by atoms with Gasteiger partial charge in [0.2, 0.25) is 0 Å². The van der Waals surface area contributed by atoms with Gasteiger partial charge in [0.15, 0.2) is 0 Å². The monoisotopic (exact) mass is 307 g/mol. The number of benzene rings is 1. The van der Waals surface area contributed by atoms with Gasteiger partial charge in [0.1, 0.15) is 6.61 Å². The molecule has 0 saturated carbocycles. The number of carbonyl (C=O) groups is 1. The molecule has 0 radical (unpaired) electrons. The second kappa shape index (κ2) is 6.95. The van der Waals surface area contributed by atoms with Crippen molar-refractivity contribution in [2.45, 2.75) is 19.4 Å². The molecule has 1 amide bonds. The molecule has 2 unspecified atom stereocenters. The van der Waals surface area contributed by atoms with E-state index in [2.05, 4.69) is 11.8 Å². The zero-order valence-corrected chi connectivity index (χ0v) is 12.6. The maximum Gasteiger partial charge on any atom is 0.253 e. The molecule has 1 fully saturated rings. The average molecular weight is 308 g/mol. The Morgan fingerprint density at radius 1 is 1.52 bits per heavy atom. The summed E-state index contributed by atoms with van der Waals surface area (Å²) in [6.45, 7) is 2.80. The van der Waals surface area contributed by atoms with Crippen molar-refractivity contribution in [3.8, 4) is 11.8 Å². The van der Waals surface area contributed by atoms with Crippen LogP contribution in [0.5, 0.6) is 0 Å². The second-order valence-electron chi connectivity index (χ2n) is 5.24. The van der Waals surface area contributed by atoms with Gasteiger partial charge in [-0.3, -0.25) is 4.79 Å². The maximum atomic E-state index is 12.4. The summed E-state index contributed by atoms with van der Waals surface area (Å²) >= 11 is 6.11. The van der Waals surface area contributed by atoms with Crippen molar-refractivity contribution in [1.82, 2.24) is 4.90 Å². The largest absolute Gasteiger partial charge is 0.393 e. The Balaban J connectivity index is 2.15. The highest BCUT2D eigenvalue weighted by Crippen LogP contribution is 2.22. The van der Waals surface area contributed by atoms with Crippen LogP contribution in [0.3, 0.4) is 0 Å². The van der Waals surface area contributed by atoms with E-state index in [1.807, 2.05) is 6.92 Å². The molecule has 0 aliphatic carbocycles. The summed E-state index contributed by atoms with van der Waals surface area (Å²) in [7, 11) is 0. The van der Waals surface area contributed by atoms with Crippen LogP contribution in [0.25, 0.3) is 0 Å². The van der Waals surface area contributed by atoms with Gasteiger partial charge >= 0.3 is 0 Å². The molecule has 112 valence electrons. The number of carbonyl (C=O) groups excluding carboxylic acids is 1. The van der Waals surface area contributed by atoms with Gasteiger partial charge in [0.05, 0.1) is 11.1 Å². The van der Waals surface area contributed by atoms with E-state index in [1.54, 1.807) is 23.1 Å². The minimum absolute atomic E-state index is 0.0767. The van der Waals surface area contributed by atoms with Crippen molar-refractivity contribution in [1.29, 1.82) is 0 Å². The summed E-state index contributed by atoms with van der Waals surface area (Å²) in [5.41, 5.74) is 1.10. The van der Waals surface area contributed by atoms with E-state index >= 15 is 0 Å². The Kier molecular flexibility index (Phi) is 5.24. The fourth-order valence-corrected chi connectivity index (χ4v) is 2.61. The standard InChI is InChI=1S/C16H18ClNO3/c1-11-10-18(7-6-15(11)20)16(21)13-5-4-12(3-2-8-19)14(17)9-13/h4-5,9,11,15,19-20H,6-8,10H2,1H3. The Labute approximate surface area is 129 Å². The summed E-state index contributed by atoms with van der Waals surface area (Å²) in [4.78, 5) is 14.2. The van der Waals surface area contributed by atoms with Crippen molar-refractivity contribution >= 4 is 17.5 Å². The van der Waals surface area contributed by atoms with Gasteiger partial charge in [-0.25, -0.2) is 0 Å². The number of rotatable bonds is 1. The molecule has 4 nitrogen and oxygen atoms in total. The number of aliphatic hydroxyl groups excluding tert-OH is 2. The van der Waals surface area contributed by atoms with Crippen LogP contribution in [0, 0.1) is 17.8 Å². The lowest BCUT2D eigenvalue weighted by Gasteiger charge is -2.34. The number of amides is 1. The highest BCUT2D eigenvalue weighted by molar-refractivity contribution is 6.32. The Bertz CT molecular complexity index is 591. The highest BCUT2D eigenvalue weighted by atomic mass is 35.5. The summed E-state index contributed by atoms with van der Waals surface area (Å²) in [5, 5.41) is 18.8. The lowest BCUT2D eigenvalue weighted by molar-refractivity contribution is 0.0297. The number of aliphatic hydroxyl groups is 2. The molecule has 1 heterocycles.